The number of anilines is 1. The first-order chi connectivity index (χ1) is 6.91. The van der Waals surface area contributed by atoms with E-state index in [1.807, 2.05) is 0 Å². The molecule has 7 heteroatoms. The van der Waals surface area contributed by atoms with Crippen LogP contribution in [0.25, 0.3) is 0 Å². The zero-order chi connectivity index (χ0) is 11.6. The van der Waals surface area contributed by atoms with Gasteiger partial charge in [0, 0.05) is 20.3 Å². The van der Waals surface area contributed by atoms with E-state index < -0.39 is 13.0 Å². The maximum atomic E-state index is 12.0. The van der Waals surface area contributed by atoms with Gasteiger partial charge in [0.1, 0.15) is 12.1 Å². The number of nitrogens with zero attached hydrogens (tertiary/aromatic N) is 3. The maximum Gasteiger partial charge on any atom is 0.258 e. The number of nitrogen functional groups attached to an aromatic ring is 1. The first-order valence-corrected chi connectivity index (χ1v) is 4.24. The SMILES string of the molecule is CN(C)C(=O)c1cn(CC(F)F)nc1N. The van der Waals surface area contributed by atoms with Crippen molar-refractivity contribution in [2.75, 3.05) is 19.8 Å². The summed E-state index contributed by atoms with van der Waals surface area (Å²) in [4.78, 5) is 12.8. The van der Waals surface area contributed by atoms with Crippen LogP contribution >= 0.6 is 0 Å². The van der Waals surface area contributed by atoms with Crippen LogP contribution < -0.4 is 5.73 Å². The van der Waals surface area contributed by atoms with Gasteiger partial charge in [0.15, 0.2) is 5.82 Å². The highest BCUT2D eigenvalue weighted by molar-refractivity contribution is 5.97. The monoisotopic (exact) mass is 218 g/mol. The first kappa shape index (κ1) is 11.4. The summed E-state index contributed by atoms with van der Waals surface area (Å²) < 4.78 is 25.0. The first-order valence-electron chi connectivity index (χ1n) is 4.24. The Morgan fingerprint density at radius 3 is 2.73 bits per heavy atom. The van der Waals surface area contributed by atoms with Gasteiger partial charge in [0.05, 0.1) is 0 Å². The van der Waals surface area contributed by atoms with Crippen LogP contribution in [0.2, 0.25) is 0 Å². The fourth-order valence-corrected chi connectivity index (χ4v) is 1.08. The van der Waals surface area contributed by atoms with E-state index in [1.165, 1.54) is 11.1 Å². The second-order valence-electron chi connectivity index (χ2n) is 3.24. The average Bonchev–Trinajstić information content (AvgIpc) is 2.44. The molecule has 0 aromatic carbocycles. The van der Waals surface area contributed by atoms with Crippen molar-refractivity contribution in [2.45, 2.75) is 13.0 Å². The molecule has 1 rings (SSSR count). The summed E-state index contributed by atoms with van der Waals surface area (Å²) in [5.74, 6) is -0.387. The number of carbonyl (C=O) groups is 1. The van der Waals surface area contributed by atoms with E-state index in [0.717, 1.165) is 4.68 Å². The lowest BCUT2D eigenvalue weighted by molar-refractivity contribution is 0.0827. The Balaban J connectivity index is 2.91. The van der Waals surface area contributed by atoms with E-state index in [0.29, 0.717) is 0 Å². The van der Waals surface area contributed by atoms with Gasteiger partial charge in [-0.3, -0.25) is 9.48 Å². The summed E-state index contributed by atoms with van der Waals surface area (Å²) in [6.07, 6.45) is -1.30. The molecular weight excluding hydrogens is 206 g/mol. The fraction of sp³-hybridized carbons (Fsp3) is 0.500. The summed E-state index contributed by atoms with van der Waals surface area (Å²) in [6, 6.07) is 0. The Bertz CT molecular complexity index is 362. The molecule has 1 aromatic rings. The number of hydrogen-bond donors (Lipinski definition) is 1. The second-order valence-corrected chi connectivity index (χ2v) is 3.24. The van der Waals surface area contributed by atoms with Crippen molar-refractivity contribution in [1.29, 1.82) is 0 Å². The Morgan fingerprint density at radius 2 is 2.27 bits per heavy atom. The number of rotatable bonds is 3. The van der Waals surface area contributed by atoms with E-state index in [-0.39, 0.29) is 17.3 Å². The van der Waals surface area contributed by atoms with Crippen molar-refractivity contribution in [3.8, 4) is 0 Å². The molecular formula is C8H12F2N4O. The van der Waals surface area contributed by atoms with Crippen LogP contribution in [0.4, 0.5) is 14.6 Å². The van der Waals surface area contributed by atoms with Crippen molar-refractivity contribution in [3.05, 3.63) is 11.8 Å². The summed E-state index contributed by atoms with van der Waals surface area (Å²) in [7, 11) is 3.10. The largest absolute Gasteiger partial charge is 0.382 e. The highest BCUT2D eigenvalue weighted by Crippen LogP contribution is 2.11. The zero-order valence-electron chi connectivity index (χ0n) is 8.44. The van der Waals surface area contributed by atoms with Crippen molar-refractivity contribution in [2.24, 2.45) is 0 Å². The molecule has 0 aliphatic carbocycles. The second kappa shape index (κ2) is 4.24. The molecule has 0 spiro atoms. The standard InChI is InChI=1S/C8H12F2N4O/c1-13(2)8(15)5-3-14(4-6(9)10)12-7(5)11/h3,6H,4H2,1-2H3,(H2,11,12). The van der Waals surface area contributed by atoms with Crippen molar-refractivity contribution in [1.82, 2.24) is 14.7 Å². The summed E-state index contributed by atoms with van der Waals surface area (Å²) >= 11 is 0. The molecule has 0 radical (unpaired) electrons. The van der Waals surface area contributed by atoms with Gasteiger partial charge in [-0.05, 0) is 0 Å². The highest BCUT2D eigenvalue weighted by Gasteiger charge is 2.17. The van der Waals surface area contributed by atoms with Crippen LogP contribution in [0.5, 0.6) is 0 Å². The van der Waals surface area contributed by atoms with Crippen molar-refractivity contribution >= 4 is 11.7 Å². The minimum absolute atomic E-state index is 0.0330. The molecule has 0 fully saturated rings. The smallest absolute Gasteiger partial charge is 0.258 e. The Hall–Kier alpha value is -1.66. The van der Waals surface area contributed by atoms with Gasteiger partial charge >= 0.3 is 0 Å². The van der Waals surface area contributed by atoms with Crippen LogP contribution in [0, 0.1) is 0 Å². The quantitative estimate of drug-likeness (QED) is 0.800. The van der Waals surface area contributed by atoms with Crippen LogP contribution in [-0.2, 0) is 6.54 Å². The Kier molecular flexibility index (Phi) is 3.23. The number of amides is 1. The fourth-order valence-electron chi connectivity index (χ4n) is 1.08. The summed E-state index contributed by atoms with van der Waals surface area (Å²) in [5, 5.41) is 3.62. The third kappa shape index (κ3) is 2.64. The van der Waals surface area contributed by atoms with Crippen LogP contribution in [-0.4, -0.2) is 41.1 Å². The van der Waals surface area contributed by atoms with E-state index >= 15 is 0 Å². The lowest BCUT2D eigenvalue weighted by Crippen LogP contribution is -2.22. The predicted molar refractivity (Wildman–Crippen MR) is 50.7 cm³/mol. The predicted octanol–water partition coefficient (Wildman–Crippen LogP) is 0.432. The van der Waals surface area contributed by atoms with Crippen LogP contribution in [0.3, 0.4) is 0 Å². The van der Waals surface area contributed by atoms with Crippen LogP contribution in [0.1, 0.15) is 10.4 Å². The minimum atomic E-state index is -2.52. The molecule has 5 nitrogen and oxygen atoms in total. The van der Waals surface area contributed by atoms with E-state index in [4.69, 9.17) is 5.73 Å². The molecule has 1 heterocycles. The molecule has 0 saturated carbocycles. The highest BCUT2D eigenvalue weighted by atomic mass is 19.3. The lowest BCUT2D eigenvalue weighted by Gasteiger charge is -2.07. The third-order valence-corrected chi connectivity index (χ3v) is 1.75. The number of hydrogen-bond acceptors (Lipinski definition) is 3. The molecule has 0 unspecified atom stereocenters. The van der Waals surface area contributed by atoms with E-state index in [1.54, 1.807) is 14.1 Å². The molecule has 84 valence electrons. The maximum absolute atomic E-state index is 12.0. The topological polar surface area (TPSA) is 64.2 Å². The molecule has 0 aliphatic heterocycles. The normalized spacial score (nSPS) is 10.7. The van der Waals surface area contributed by atoms with E-state index in [2.05, 4.69) is 5.10 Å². The molecule has 1 amide bonds. The molecule has 15 heavy (non-hydrogen) atoms. The van der Waals surface area contributed by atoms with Crippen molar-refractivity contribution < 1.29 is 13.6 Å². The summed E-state index contributed by atoms with van der Waals surface area (Å²) in [6.45, 7) is -0.565. The van der Waals surface area contributed by atoms with Gasteiger partial charge in [0.25, 0.3) is 12.3 Å². The Morgan fingerprint density at radius 1 is 1.67 bits per heavy atom. The molecule has 0 bridgehead atoms. The van der Waals surface area contributed by atoms with Gasteiger partial charge in [-0.2, -0.15) is 5.10 Å². The Labute approximate surface area is 85.5 Å². The van der Waals surface area contributed by atoms with Crippen LogP contribution in [0.15, 0.2) is 6.20 Å². The molecule has 0 saturated heterocycles. The molecule has 0 atom stereocenters. The number of nitrogens with two attached hydrogens (primary N) is 1. The number of halogens is 2. The zero-order valence-corrected chi connectivity index (χ0v) is 8.44. The number of alkyl halides is 2. The summed E-state index contributed by atoms with van der Waals surface area (Å²) in [5.41, 5.74) is 5.57. The number of carbonyl (C=O) groups excluding carboxylic acids is 1. The van der Waals surface area contributed by atoms with Crippen molar-refractivity contribution in [3.63, 3.8) is 0 Å². The average molecular weight is 218 g/mol. The van der Waals surface area contributed by atoms with Gasteiger partial charge in [-0.15, -0.1) is 0 Å². The lowest BCUT2D eigenvalue weighted by atomic mass is 10.3. The molecule has 1 aromatic heterocycles. The van der Waals surface area contributed by atoms with Gasteiger partial charge in [-0.1, -0.05) is 0 Å². The van der Waals surface area contributed by atoms with Gasteiger partial charge in [-0.25, -0.2) is 8.78 Å². The number of aromatic nitrogens is 2. The molecule has 2 N–H and O–H groups in total. The van der Waals surface area contributed by atoms with Gasteiger partial charge in [0.2, 0.25) is 0 Å². The minimum Gasteiger partial charge on any atom is -0.382 e. The van der Waals surface area contributed by atoms with E-state index in [9.17, 15) is 13.6 Å². The third-order valence-electron chi connectivity index (χ3n) is 1.75. The van der Waals surface area contributed by atoms with Gasteiger partial charge < -0.3 is 10.6 Å². The molecule has 0 aliphatic rings.